The lowest BCUT2D eigenvalue weighted by Gasteiger charge is -2.22. The molecule has 0 saturated carbocycles. The van der Waals surface area contributed by atoms with Gasteiger partial charge in [0.05, 0.1) is 25.6 Å². The van der Waals surface area contributed by atoms with Gasteiger partial charge in [0.15, 0.2) is 0 Å². The molecule has 0 unspecified atom stereocenters. The second-order valence-corrected chi connectivity index (χ2v) is 8.39. The Hall–Kier alpha value is -2.45. The number of anilines is 1. The zero-order valence-corrected chi connectivity index (χ0v) is 17.5. The minimum Gasteiger partial charge on any atom is -0.497 e. The molecule has 1 N–H and O–H groups in total. The minimum absolute atomic E-state index is 0.225. The molecule has 9 heteroatoms. The van der Waals surface area contributed by atoms with Crippen LogP contribution < -0.4 is 19.1 Å². The second kappa shape index (κ2) is 9.66. The van der Waals surface area contributed by atoms with Gasteiger partial charge in [-0.1, -0.05) is 23.7 Å². The molecule has 0 atom stereocenters. The summed E-state index contributed by atoms with van der Waals surface area (Å²) in [6.07, 6.45) is 1.04. The highest BCUT2D eigenvalue weighted by Crippen LogP contribution is 2.24. The Labute approximate surface area is 170 Å². The van der Waals surface area contributed by atoms with Crippen molar-refractivity contribution in [1.29, 1.82) is 0 Å². The van der Waals surface area contributed by atoms with E-state index < -0.39 is 15.9 Å². The molecule has 152 valence electrons. The second-order valence-electron chi connectivity index (χ2n) is 6.08. The summed E-state index contributed by atoms with van der Waals surface area (Å²) in [6, 6.07) is 11.9. The van der Waals surface area contributed by atoms with Crippen molar-refractivity contribution in [3.63, 3.8) is 0 Å². The number of hydrogen-bond acceptors (Lipinski definition) is 5. The molecule has 2 aromatic rings. The summed E-state index contributed by atoms with van der Waals surface area (Å²) >= 11 is 6.08. The van der Waals surface area contributed by atoms with Crippen LogP contribution in [0.5, 0.6) is 11.5 Å². The van der Waals surface area contributed by atoms with Crippen molar-refractivity contribution >= 4 is 33.2 Å². The molecule has 7 nitrogen and oxygen atoms in total. The first-order chi connectivity index (χ1) is 13.2. The highest BCUT2D eigenvalue weighted by Gasteiger charge is 2.21. The number of nitrogens with one attached hydrogen (secondary N) is 1. The van der Waals surface area contributed by atoms with Gasteiger partial charge in [-0.15, -0.1) is 0 Å². The number of ether oxygens (including phenoxy) is 2. The third-order valence-corrected chi connectivity index (χ3v) is 5.41. The molecule has 0 spiro atoms. The van der Waals surface area contributed by atoms with Crippen LogP contribution in [0.3, 0.4) is 0 Å². The van der Waals surface area contributed by atoms with Gasteiger partial charge in [0.2, 0.25) is 15.9 Å². The summed E-state index contributed by atoms with van der Waals surface area (Å²) < 4.78 is 35.9. The highest BCUT2D eigenvalue weighted by atomic mass is 35.5. The van der Waals surface area contributed by atoms with Gasteiger partial charge in [0.1, 0.15) is 24.7 Å². The van der Waals surface area contributed by atoms with E-state index >= 15 is 0 Å². The Bertz CT molecular complexity index is 934. The topological polar surface area (TPSA) is 84.9 Å². The van der Waals surface area contributed by atoms with Crippen LogP contribution in [0, 0.1) is 6.92 Å². The van der Waals surface area contributed by atoms with E-state index in [2.05, 4.69) is 5.32 Å². The third-order valence-electron chi connectivity index (χ3n) is 3.87. The standard InChI is InChI=1S/C19H23ClN2O5S/c1-14-7-8-15(11-18(14)20)22(28(3,24)25)13-19(23)21-9-10-27-17-6-4-5-16(12-17)26-2/h4-8,11-12H,9-10,13H2,1-3H3,(H,21,23). The first-order valence-corrected chi connectivity index (χ1v) is 10.7. The maximum atomic E-state index is 12.2. The van der Waals surface area contributed by atoms with Crippen LogP contribution in [0.4, 0.5) is 5.69 Å². The predicted molar refractivity (Wildman–Crippen MR) is 110 cm³/mol. The van der Waals surface area contributed by atoms with Crippen molar-refractivity contribution in [1.82, 2.24) is 5.32 Å². The minimum atomic E-state index is -3.66. The molecule has 28 heavy (non-hydrogen) atoms. The number of halogens is 1. The number of amides is 1. The van der Waals surface area contributed by atoms with Gasteiger partial charge in [-0.05, 0) is 36.8 Å². The molecule has 0 aliphatic rings. The smallest absolute Gasteiger partial charge is 0.240 e. The first-order valence-electron chi connectivity index (χ1n) is 8.48. The Kier molecular flexibility index (Phi) is 7.53. The van der Waals surface area contributed by atoms with Gasteiger partial charge in [-0.25, -0.2) is 8.42 Å². The van der Waals surface area contributed by atoms with Crippen molar-refractivity contribution in [2.24, 2.45) is 0 Å². The fourth-order valence-electron chi connectivity index (χ4n) is 2.37. The monoisotopic (exact) mass is 426 g/mol. The lowest BCUT2D eigenvalue weighted by Crippen LogP contribution is -2.41. The van der Waals surface area contributed by atoms with Crippen molar-refractivity contribution in [2.45, 2.75) is 6.92 Å². The summed E-state index contributed by atoms with van der Waals surface area (Å²) in [7, 11) is -2.09. The van der Waals surface area contributed by atoms with Crippen LogP contribution in [0.2, 0.25) is 5.02 Å². The summed E-state index contributed by atoms with van der Waals surface area (Å²) in [5, 5.41) is 3.07. The molecule has 0 aliphatic heterocycles. The number of hydrogen-bond donors (Lipinski definition) is 1. The maximum Gasteiger partial charge on any atom is 0.240 e. The SMILES string of the molecule is COc1cccc(OCCNC(=O)CN(c2ccc(C)c(Cl)c2)S(C)(=O)=O)c1. The number of nitrogens with zero attached hydrogens (tertiary/aromatic N) is 1. The third kappa shape index (κ3) is 6.31. The molecule has 0 radical (unpaired) electrons. The Morgan fingerprint density at radius 3 is 2.54 bits per heavy atom. The van der Waals surface area contributed by atoms with Crippen LogP contribution in [-0.2, 0) is 14.8 Å². The zero-order valence-electron chi connectivity index (χ0n) is 15.9. The van der Waals surface area contributed by atoms with E-state index in [1.165, 1.54) is 6.07 Å². The molecule has 0 fully saturated rings. The summed E-state index contributed by atoms with van der Waals surface area (Å²) in [4.78, 5) is 12.2. The van der Waals surface area contributed by atoms with Gasteiger partial charge in [-0.2, -0.15) is 0 Å². The predicted octanol–water partition coefficient (Wildman–Crippen LogP) is 2.62. The molecular weight excluding hydrogens is 404 g/mol. The first kappa shape index (κ1) is 21.8. The molecule has 2 rings (SSSR count). The summed E-state index contributed by atoms with van der Waals surface area (Å²) in [5.41, 5.74) is 1.15. The van der Waals surface area contributed by atoms with Crippen molar-refractivity contribution < 1.29 is 22.7 Å². The molecule has 1 amide bonds. The van der Waals surface area contributed by atoms with Crippen molar-refractivity contribution in [3.8, 4) is 11.5 Å². The number of carbonyl (C=O) groups excluding carboxylic acids is 1. The van der Waals surface area contributed by atoms with Gasteiger partial charge in [0.25, 0.3) is 0 Å². The number of aryl methyl sites for hydroxylation is 1. The van der Waals surface area contributed by atoms with Crippen LogP contribution in [0.25, 0.3) is 0 Å². The fraction of sp³-hybridized carbons (Fsp3) is 0.316. The van der Waals surface area contributed by atoms with Gasteiger partial charge < -0.3 is 14.8 Å². The normalized spacial score (nSPS) is 11.0. The molecule has 2 aromatic carbocycles. The number of sulfonamides is 1. The van der Waals surface area contributed by atoms with Gasteiger partial charge >= 0.3 is 0 Å². The van der Waals surface area contributed by atoms with Gasteiger partial charge in [-0.3, -0.25) is 9.10 Å². The van der Waals surface area contributed by atoms with Crippen LogP contribution in [-0.4, -0.2) is 47.4 Å². The quantitative estimate of drug-likeness (QED) is 0.623. The lowest BCUT2D eigenvalue weighted by molar-refractivity contribution is -0.119. The average Bonchev–Trinajstić information content (AvgIpc) is 2.65. The summed E-state index contributed by atoms with van der Waals surface area (Å²) in [5.74, 6) is 0.833. The maximum absolute atomic E-state index is 12.2. The van der Waals surface area contributed by atoms with E-state index in [-0.39, 0.29) is 19.7 Å². The average molecular weight is 427 g/mol. The van der Waals surface area contributed by atoms with E-state index in [9.17, 15) is 13.2 Å². The Balaban J connectivity index is 1.92. The Morgan fingerprint density at radius 1 is 1.18 bits per heavy atom. The van der Waals surface area contributed by atoms with E-state index in [0.717, 1.165) is 16.1 Å². The number of benzene rings is 2. The van der Waals surface area contributed by atoms with E-state index in [4.69, 9.17) is 21.1 Å². The van der Waals surface area contributed by atoms with Crippen LogP contribution in [0.1, 0.15) is 5.56 Å². The summed E-state index contributed by atoms with van der Waals surface area (Å²) in [6.45, 7) is 1.92. The van der Waals surface area contributed by atoms with Crippen molar-refractivity contribution in [3.05, 3.63) is 53.1 Å². The number of rotatable bonds is 9. The highest BCUT2D eigenvalue weighted by molar-refractivity contribution is 7.92. The fourth-order valence-corrected chi connectivity index (χ4v) is 3.40. The van der Waals surface area contributed by atoms with E-state index in [1.54, 1.807) is 43.5 Å². The molecule has 0 aliphatic carbocycles. The lowest BCUT2D eigenvalue weighted by atomic mass is 10.2. The van der Waals surface area contributed by atoms with E-state index in [0.29, 0.717) is 22.2 Å². The molecule has 0 heterocycles. The molecular formula is C19H23ClN2O5S. The zero-order chi connectivity index (χ0) is 20.7. The number of carbonyl (C=O) groups is 1. The van der Waals surface area contributed by atoms with Crippen LogP contribution >= 0.6 is 11.6 Å². The largest absolute Gasteiger partial charge is 0.497 e. The van der Waals surface area contributed by atoms with Gasteiger partial charge in [0, 0.05) is 11.1 Å². The molecule has 0 aromatic heterocycles. The number of methoxy groups -OCH3 is 1. The van der Waals surface area contributed by atoms with Crippen molar-refractivity contribution in [2.75, 3.05) is 37.4 Å². The molecule has 0 bridgehead atoms. The van der Waals surface area contributed by atoms with Crippen LogP contribution in [0.15, 0.2) is 42.5 Å². The molecule has 0 saturated heterocycles. The van der Waals surface area contributed by atoms with E-state index in [1.807, 2.05) is 6.92 Å². The Morgan fingerprint density at radius 2 is 1.89 bits per heavy atom.